The predicted octanol–water partition coefficient (Wildman–Crippen LogP) is 13.7. The van der Waals surface area contributed by atoms with E-state index in [1.165, 1.54) is 0 Å². The van der Waals surface area contributed by atoms with Crippen molar-refractivity contribution >= 4 is 54.1 Å². The first-order chi connectivity index (χ1) is 31.4. The van der Waals surface area contributed by atoms with Crippen LogP contribution in [-0.2, 0) is 0 Å². The van der Waals surface area contributed by atoms with Crippen LogP contribution in [0.3, 0.4) is 0 Å². The Morgan fingerprint density at radius 3 is 1.65 bits per heavy atom. The number of hydrogen-bond acceptors (Lipinski definition) is 1. The van der Waals surface area contributed by atoms with Gasteiger partial charge in [0.1, 0.15) is 11.3 Å². The van der Waals surface area contributed by atoms with E-state index in [0.717, 1.165) is 5.56 Å². The SMILES string of the molecule is [2H]c1c([2H])c([2H])c2c(-c3c(-c4c([2H])c([2H])c([2H])c5c([2H])c([2H])c6c([2H])c([2H])c([2H])c([2H])c6c45)oc4ccc(-c5ccccc5)cc34)c3c([2H])c([2H])c([2H])c([2H])c3c(-c3ccccc3)c2c1[2H]. The lowest BCUT2D eigenvalue weighted by Gasteiger charge is -2.18. The van der Waals surface area contributed by atoms with Gasteiger partial charge < -0.3 is 4.42 Å². The van der Waals surface area contributed by atoms with Crippen LogP contribution in [0.5, 0.6) is 0 Å². The smallest absolute Gasteiger partial charge is 0.143 e. The van der Waals surface area contributed by atoms with Crippen molar-refractivity contribution in [1.82, 2.24) is 0 Å². The zero-order chi connectivity index (χ0) is 47.1. The molecule has 0 saturated heterocycles. The highest BCUT2D eigenvalue weighted by atomic mass is 16.3. The summed E-state index contributed by atoms with van der Waals surface area (Å²) in [4.78, 5) is 0. The van der Waals surface area contributed by atoms with Crippen LogP contribution in [0.2, 0.25) is 0 Å². The fraction of sp³-hybridized carbons (Fsp3) is 0. The molecule has 9 aromatic carbocycles. The molecule has 0 atom stereocenters. The lowest BCUT2D eigenvalue weighted by molar-refractivity contribution is 0.633. The van der Waals surface area contributed by atoms with Crippen molar-refractivity contribution in [2.45, 2.75) is 0 Å². The quantitative estimate of drug-likeness (QED) is 0.138. The molecular formula is C48H30O. The van der Waals surface area contributed by atoms with E-state index in [2.05, 4.69) is 0 Å². The van der Waals surface area contributed by atoms with Gasteiger partial charge in [0.2, 0.25) is 0 Å². The maximum absolute atomic E-state index is 9.64. The van der Waals surface area contributed by atoms with Crippen LogP contribution in [0, 0.1) is 0 Å². The van der Waals surface area contributed by atoms with Gasteiger partial charge in [-0.3, -0.25) is 0 Å². The van der Waals surface area contributed by atoms with Crippen LogP contribution in [0.15, 0.2) is 186 Å². The zero-order valence-corrected chi connectivity index (χ0v) is 25.4. The molecule has 0 aliphatic rings. The van der Waals surface area contributed by atoms with Crippen LogP contribution >= 0.6 is 0 Å². The molecule has 1 nitrogen and oxygen atoms in total. The highest BCUT2D eigenvalue weighted by Crippen LogP contribution is 2.51. The number of hydrogen-bond donors (Lipinski definition) is 0. The molecule has 49 heavy (non-hydrogen) atoms. The average Bonchev–Trinajstić information content (AvgIpc) is 3.70. The Bertz CT molecular complexity index is 3750. The third-order valence-electron chi connectivity index (χ3n) is 8.83. The highest BCUT2D eigenvalue weighted by Gasteiger charge is 2.25. The van der Waals surface area contributed by atoms with Crippen molar-refractivity contribution in [2.24, 2.45) is 0 Å². The van der Waals surface area contributed by atoms with Crippen molar-refractivity contribution in [3.63, 3.8) is 0 Å². The predicted molar refractivity (Wildman–Crippen MR) is 208 cm³/mol. The zero-order valence-electron chi connectivity index (χ0n) is 42.4. The topological polar surface area (TPSA) is 13.1 Å². The Morgan fingerprint density at radius 2 is 0.959 bits per heavy atom. The minimum absolute atomic E-state index is 0.0742. The lowest BCUT2D eigenvalue weighted by atomic mass is 9.84. The Kier molecular flexibility index (Phi) is 3.54. The Balaban J connectivity index is 1.58. The fourth-order valence-electron chi connectivity index (χ4n) is 6.74. The highest BCUT2D eigenvalue weighted by molar-refractivity contribution is 6.26. The number of rotatable bonds is 4. The molecule has 1 heterocycles. The molecule has 0 N–H and O–H groups in total. The molecule has 0 radical (unpaired) electrons. The molecule has 0 unspecified atom stereocenters. The first-order valence-electron chi connectivity index (χ1n) is 24.0. The number of fused-ring (bicyclic) bond motifs is 6. The van der Waals surface area contributed by atoms with E-state index in [0.29, 0.717) is 11.1 Å². The van der Waals surface area contributed by atoms with Crippen molar-refractivity contribution in [3.8, 4) is 44.7 Å². The monoisotopic (exact) mass is 639 g/mol. The van der Waals surface area contributed by atoms with Crippen molar-refractivity contribution in [2.75, 3.05) is 0 Å². The molecule has 0 aliphatic carbocycles. The van der Waals surface area contributed by atoms with Crippen LogP contribution < -0.4 is 0 Å². The molecule has 228 valence electrons. The normalized spacial score (nSPS) is 16.5. The average molecular weight is 640 g/mol. The van der Waals surface area contributed by atoms with Gasteiger partial charge in [0.05, 0.1) is 23.3 Å². The molecule has 0 spiro atoms. The van der Waals surface area contributed by atoms with E-state index in [1.54, 1.807) is 48.5 Å². The van der Waals surface area contributed by atoms with Gasteiger partial charge in [-0.2, -0.15) is 0 Å². The number of benzene rings is 9. The molecular weight excluding hydrogens is 593 g/mol. The molecule has 1 heteroatoms. The van der Waals surface area contributed by atoms with Gasteiger partial charge in [-0.1, -0.05) is 169 Å². The van der Waals surface area contributed by atoms with Crippen LogP contribution in [0.1, 0.15) is 23.3 Å². The maximum atomic E-state index is 9.64. The van der Waals surface area contributed by atoms with Gasteiger partial charge in [-0.05, 0) is 72.1 Å². The second-order valence-electron chi connectivity index (χ2n) is 11.5. The largest absolute Gasteiger partial charge is 0.455 e. The summed E-state index contributed by atoms with van der Waals surface area (Å²) in [6.07, 6.45) is 0. The molecule has 10 aromatic rings. The molecule has 0 saturated carbocycles. The Morgan fingerprint density at radius 1 is 0.388 bits per heavy atom. The van der Waals surface area contributed by atoms with E-state index < -0.39 is 113 Å². The Hall–Kier alpha value is -6.44. The third-order valence-corrected chi connectivity index (χ3v) is 8.83. The van der Waals surface area contributed by atoms with Gasteiger partial charge in [-0.15, -0.1) is 0 Å². The summed E-state index contributed by atoms with van der Waals surface area (Å²) < 4.78 is 162. The lowest BCUT2D eigenvalue weighted by Crippen LogP contribution is -1.92. The molecule has 0 aliphatic heterocycles. The van der Waals surface area contributed by atoms with Gasteiger partial charge in [-0.25, -0.2) is 0 Å². The fourth-order valence-corrected chi connectivity index (χ4v) is 6.74. The van der Waals surface area contributed by atoms with E-state index in [4.69, 9.17) is 18.1 Å². The van der Waals surface area contributed by atoms with E-state index >= 15 is 0 Å². The summed E-state index contributed by atoms with van der Waals surface area (Å²) in [6.45, 7) is 0. The van der Waals surface area contributed by atoms with Gasteiger partial charge >= 0.3 is 0 Å². The summed E-state index contributed by atoms with van der Waals surface area (Å²) in [5.74, 6) is -0.334. The van der Waals surface area contributed by atoms with Crippen LogP contribution in [0.4, 0.5) is 0 Å². The first-order valence-corrected chi connectivity index (χ1v) is 15.5. The Labute approximate surface area is 308 Å². The summed E-state index contributed by atoms with van der Waals surface area (Å²) in [6, 6.07) is 11.6. The van der Waals surface area contributed by atoms with Gasteiger partial charge in [0, 0.05) is 27.5 Å². The minimum atomic E-state index is -0.736. The molecule has 1 aromatic heterocycles. The molecule has 0 amide bonds. The first kappa shape index (κ1) is 15.6. The molecule has 0 bridgehead atoms. The summed E-state index contributed by atoms with van der Waals surface area (Å²) in [5, 5.41) is -1.82. The van der Waals surface area contributed by atoms with Gasteiger partial charge in [0.25, 0.3) is 0 Å². The summed E-state index contributed by atoms with van der Waals surface area (Å²) >= 11 is 0. The van der Waals surface area contributed by atoms with Crippen molar-refractivity contribution in [1.29, 1.82) is 0 Å². The van der Waals surface area contributed by atoms with Gasteiger partial charge in [0.15, 0.2) is 0 Å². The standard InChI is InChI=1S/C48H30O/c1-3-14-31(15-4-1)35-28-29-43-42(30-35)47(48(49-43)41-25-13-19-34-27-26-32-16-7-8-20-36(32)44(34)41)46-39-23-11-9-21-37(39)45(33-17-5-2-6-18-33)38-22-10-12-24-40(38)46/h1-30H/i7D,8D,9D,10D,11D,12D,13D,16D,19D,20D,21D,22D,23D,24D,25D,26D,27D. The van der Waals surface area contributed by atoms with Crippen LogP contribution in [-0.4, -0.2) is 0 Å². The summed E-state index contributed by atoms with van der Waals surface area (Å²) in [5.41, 5.74) is 1.29. The third kappa shape index (κ3) is 4.33. The van der Waals surface area contributed by atoms with Crippen LogP contribution in [0.25, 0.3) is 98.8 Å². The second kappa shape index (κ2) is 11.1. The van der Waals surface area contributed by atoms with Crippen molar-refractivity contribution < 1.29 is 27.7 Å². The molecule has 0 fully saturated rings. The summed E-state index contributed by atoms with van der Waals surface area (Å²) in [7, 11) is 0. The number of furan rings is 1. The maximum Gasteiger partial charge on any atom is 0.143 e. The van der Waals surface area contributed by atoms with E-state index in [9.17, 15) is 9.60 Å². The van der Waals surface area contributed by atoms with E-state index in [1.807, 2.05) is 30.3 Å². The minimum Gasteiger partial charge on any atom is -0.455 e. The van der Waals surface area contributed by atoms with Crippen molar-refractivity contribution in [3.05, 3.63) is 182 Å². The second-order valence-corrected chi connectivity index (χ2v) is 11.5. The molecule has 10 rings (SSSR count). The van der Waals surface area contributed by atoms with E-state index in [-0.39, 0.29) is 71.3 Å².